The predicted octanol–water partition coefficient (Wildman–Crippen LogP) is 3.14. The predicted molar refractivity (Wildman–Crippen MR) is 106 cm³/mol. The highest BCUT2D eigenvalue weighted by Crippen LogP contribution is 2.25. The number of esters is 1. The number of aliphatic hydroxyl groups is 1. The number of aromatic amines is 1. The second kappa shape index (κ2) is 9.09. The van der Waals surface area contributed by atoms with Crippen LogP contribution >= 0.6 is 11.3 Å². The van der Waals surface area contributed by atoms with E-state index in [1.807, 2.05) is 19.2 Å². The number of hydrogen-bond acceptors (Lipinski definition) is 7. The first-order valence-corrected chi connectivity index (χ1v) is 9.86. The fourth-order valence-corrected chi connectivity index (χ4v) is 3.59. The Balaban J connectivity index is 1.73. The molecule has 0 spiro atoms. The second-order valence-corrected chi connectivity index (χ2v) is 7.35. The van der Waals surface area contributed by atoms with Gasteiger partial charge in [-0.3, -0.25) is 4.79 Å². The van der Waals surface area contributed by atoms with Crippen molar-refractivity contribution >= 4 is 34.0 Å². The molecule has 2 aromatic heterocycles. The largest absolute Gasteiger partial charge is 0.460 e. The van der Waals surface area contributed by atoms with Gasteiger partial charge < -0.3 is 19.6 Å². The maximum absolute atomic E-state index is 12.8. The van der Waals surface area contributed by atoms with Crippen LogP contribution < -0.4 is 0 Å². The molecule has 0 aliphatic carbocycles. The first-order chi connectivity index (χ1) is 13.5. The average molecular weight is 402 g/mol. The minimum atomic E-state index is -0.474. The van der Waals surface area contributed by atoms with Gasteiger partial charge in [0, 0.05) is 22.5 Å². The van der Waals surface area contributed by atoms with Crippen molar-refractivity contribution in [2.24, 2.45) is 0 Å². The van der Waals surface area contributed by atoms with E-state index < -0.39 is 5.97 Å². The lowest BCUT2D eigenvalue weighted by atomic mass is 10.1. The van der Waals surface area contributed by atoms with E-state index in [1.54, 1.807) is 24.4 Å². The number of benzene rings is 1. The van der Waals surface area contributed by atoms with Crippen molar-refractivity contribution in [3.05, 3.63) is 51.6 Å². The van der Waals surface area contributed by atoms with E-state index in [1.165, 1.54) is 11.3 Å². The summed E-state index contributed by atoms with van der Waals surface area (Å²) in [5.41, 5.74) is 2.49. The molecule has 0 bridgehead atoms. The summed E-state index contributed by atoms with van der Waals surface area (Å²) in [6.07, 6.45) is 1.64. The number of thiazole rings is 1. The summed E-state index contributed by atoms with van der Waals surface area (Å²) in [6, 6.07) is 5.02. The summed E-state index contributed by atoms with van der Waals surface area (Å²) in [7, 11) is 0. The van der Waals surface area contributed by atoms with Crippen molar-refractivity contribution in [2.75, 3.05) is 26.4 Å². The molecule has 28 heavy (non-hydrogen) atoms. The number of carbonyl (C=O) groups excluding carboxylic acids is 2. The van der Waals surface area contributed by atoms with Crippen molar-refractivity contribution in [3.8, 4) is 0 Å². The average Bonchev–Trinajstić information content (AvgIpc) is 3.34. The molecule has 0 aliphatic heterocycles. The standard InChI is InChI=1S/C20H22N2O5S/c1-12(2)17-11-28-19(22-17)18(24)15-10-21-16-9-13(3-4-14(15)16)20(25)27-8-7-26-6-5-23/h3-4,9-12,21,23H,5-8H2,1-2H3. The molecule has 3 aromatic rings. The maximum Gasteiger partial charge on any atom is 0.338 e. The van der Waals surface area contributed by atoms with Crippen molar-refractivity contribution in [1.29, 1.82) is 0 Å². The number of H-pyrrole nitrogens is 1. The molecule has 0 aliphatic rings. The lowest BCUT2D eigenvalue weighted by molar-refractivity contribution is 0.0258. The Labute approximate surface area is 166 Å². The molecule has 0 fully saturated rings. The zero-order chi connectivity index (χ0) is 20.1. The van der Waals surface area contributed by atoms with Gasteiger partial charge in [-0.2, -0.15) is 0 Å². The molecule has 7 nitrogen and oxygen atoms in total. The first kappa shape index (κ1) is 20.2. The molecule has 148 valence electrons. The number of nitrogens with zero attached hydrogens (tertiary/aromatic N) is 1. The molecule has 0 saturated heterocycles. The van der Waals surface area contributed by atoms with E-state index in [2.05, 4.69) is 9.97 Å². The topological polar surface area (TPSA) is 102 Å². The van der Waals surface area contributed by atoms with E-state index in [9.17, 15) is 9.59 Å². The summed E-state index contributed by atoms with van der Waals surface area (Å²) >= 11 is 1.34. The second-order valence-electron chi connectivity index (χ2n) is 6.50. The molecule has 1 aromatic carbocycles. The third-order valence-corrected chi connectivity index (χ3v) is 5.03. The highest BCUT2D eigenvalue weighted by molar-refractivity contribution is 7.12. The Hall–Kier alpha value is -2.55. The molecule has 0 amide bonds. The Morgan fingerprint density at radius 3 is 2.79 bits per heavy atom. The van der Waals surface area contributed by atoms with Crippen LogP contribution in [0.3, 0.4) is 0 Å². The number of carbonyl (C=O) groups is 2. The summed E-state index contributed by atoms with van der Waals surface area (Å²) < 4.78 is 10.2. The number of hydrogen-bond donors (Lipinski definition) is 2. The fraction of sp³-hybridized carbons (Fsp3) is 0.350. The van der Waals surface area contributed by atoms with Crippen LogP contribution in [0.4, 0.5) is 0 Å². The summed E-state index contributed by atoms with van der Waals surface area (Å²) in [6.45, 7) is 4.54. The van der Waals surface area contributed by atoms with E-state index in [0.717, 1.165) is 11.1 Å². The van der Waals surface area contributed by atoms with Crippen molar-refractivity contribution in [2.45, 2.75) is 19.8 Å². The Morgan fingerprint density at radius 1 is 1.25 bits per heavy atom. The number of aromatic nitrogens is 2. The van der Waals surface area contributed by atoms with Crippen LogP contribution in [-0.2, 0) is 9.47 Å². The monoisotopic (exact) mass is 402 g/mol. The molecule has 2 N–H and O–H groups in total. The van der Waals surface area contributed by atoms with Gasteiger partial charge in [-0.15, -0.1) is 11.3 Å². The Bertz CT molecular complexity index is 976. The third-order valence-electron chi connectivity index (χ3n) is 4.17. The lowest BCUT2D eigenvalue weighted by Crippen LogP contribution is -2.12. The van der Waals surface area contributed by atoms with Gasteiger partial charge in [0.05, 0.1) is 36.6 Å². The zero-order valence-electron chi connectivity index (χ0n) is 15.7. The van der Waals surface area contributed by atoms with Crippen LogP contribution in [-0.4, -0.2) is 53.3 Å². The van der Waals surface area contributed by atoms with Gasteiger partial charge in [-0.05, 0) is 18.1 Å². The molecular weight excluding hydrogens is 380 g/mol. The number of ether oxygens (including phenoxy) is 2. The number of rotatable bonds is 9. The molecule has 3 rings (SSSR count). The zero-order valence-corrected chi connectivity index (χ0v) is 16.5. The van der Waals surface area contributed by atoms with E-state index in [-0.39, 0.29) is 38.1 Å². The number of aliphatic hydroxyl groups excluding tert-OH is 1. The molecule has 0 atom stereocenters. The van der Waals surface area contributed by atoms with Crippen molar-refractivity contribution in [1.82, 2.24) is 9.97 Å². The number of ketones is 1. The van der Waals surface area contributed by atoms with Crippen LogP contribution in [0.15, 0.2) is 29.8 Å². The minimum absolute atomic E-state index is 0.0712. The van der Waals surface area contributed by atoms with Crippen LogP contribution in [0.1, 0.15) is 51.2 Å². The quantitative estimate of drug-likeness (QED) is 0.324. The molecular formula is C20H22N2O5S. The minimum Gasteiger partial charge on any atom is -0.460 e. The van der Waals surface area contributed by atoms with Gasteiger partial charge in [0.1, 0.15) is 6.61 Å². The van der Waals surface area contributed by atoms with Crippen LogP contribution in [0.2, 0.25) is 0 Å². The van der Waals surface area contributed by atoms with E-state index >= 15 is 0 Å². The molecule has 0 saturated carbocycles. The van der Waals surface area contributed by atoms with E-state index in [0.29, 0.717) is 21.7 Å². The summed E-state index contributed by atoms with van der Waals surface area (Å²) in [5.74, 6) is -0.346. The van der Waals surface area contributed by atoms with E-state index in [4.69, 9.17) is 14.6 Å². The van der Waals surface area contributed by atoms with Gasteiger partial charge in [0.2, 0.25) is 5.78 Å². The molecule has 0 unspecified atom stereocenters. The van der Waals surface area contributed by atoms with Gasteiger partial charge >= 0.3 is 5.97 Å². The number of fused-ring (bicyclic) bond motifs is 1. The Morgan fingerprint density at radius 2 is 2.07 bits per heavy atom. The molecule has 8 heteroatoms. The normalized spacial score (nSPS) is 11.3. The van der Waals surface area contributed by atoms with Crippen molar-refractivity contribution in [3.63, 3.8) is 0 Å². The Kier molecular flexibility index (Phi) is 6.56. The highest BCUT2D eigenvalue weighted by Gasteiger charge is 2.19. The van der Waals surface area contributed by atoms with Crippen LogP contribution in [0, 0.1) is 0 Å². The number of nitrogens with one attached hydrogen (secondary N) is 1. The lowest BCUT2D eigenvalue weighted by Gasteiger charge is -2.05. The van der Waals surface area contributed by atoms with Crippen LogP contribution in [0.25, 0.3) is 10.9 Å². The summed E-state index contributed by atoms with van der Waals surface area (Å²) in [4.78, 5) is 32.4. The van der Waals surface area contributed by atoms with Crippen molar-refractivity contribution < 1.29 is 24.2 Å². The van der Waals surface area contributed by atoms with Gasteiger partial charge in [0.15, 0.2) is 5.01 Å². The third kappa shape index (κ3) is 4.46. The van der Waals surface area contributed by atoms with Gasteiger partial charge in [-0.1, -0.05) is 19.9 Å². The molecule has 2 heterocycles. The van der Waals surface area contributed by atoms with Gasteiger partial charge in [0.25, 0.3) is 0 Å². The summed E-state index contributed by atoms with van der Waals surface area (Å²) in [5, 5.41) is 11.7. The maximum atomic E-state index is 12.8. The molecule has 0 radical (unpaired) electrons. The van der Waals surface area contributed by atoms with Crippen LogP contribution in [0.5, 0.6) is 0 Å². The first-order valence-electron chi connectivity index (χ1n) is 8.98. The fourth-order valence-electron chi connectivity index (χ4n) is 2.66. The highest BCUT2D eigenvalue weighted by atomic mass is 32.1. The van der Waals surface area contributed by atoms with Gasteiger partial charge in [-0.25, -0.2) is 9.78 Å². The SMILES string of the molecule is CC(C)c1csc(C(=O)c2c[nH]c3cc(C(=O)OCCOCCO)ccc23)n1. The smallest absolute Gasteiger partial charge is 0.338 e.